The average molecular weight is 228 g/mol. The van der Waals surface area contributed by atoms with E-state index in [1.165, 1.54) is 0 Å². The van der Waals surface area contributed by atoms with Gasteiger partial charge in [0.05, 0.1) is 26.1 Å². The molecule has 0 spiro atoms. The highest BCUT2D eigenvalue weighted by Crippen LogP contribution is 2.26. The monoisotopic (exact) mass is 227 g/mol. The quantitative estimate of drug-likeness (QED) is 0.303. The summed E-state index contributed by atoms with van der Waals surface area (Å²) in [5, 5.41) is 27.3. The van der Waals surface area contributed by atoms with Crippen molar-refractivity contribution in [3.63, 3.8) is 0 Å². The van der Waals surface area contributed by atoms with Crippen LogP contribution in [0.25, 0.3) is 0 Å². The van der Waals surface area contributed by atoms with E-state index in [-0.39, 0.29) is 26.1 Å². The molecule has 0 radical (unpaired) electrons. The summed E-state index contributed by atoms with van der Waals surface area (Å²) in [7, 11) is 0. The van der Waals surface area contributed by atoms with E-state index in [0.717, 1.165) is 0 Å². The van der Waals surface area contributed by atoms with Crippen molar-refractivity contribution in [2.45, 2.75) is 17.3 Å². The molecule has 66 valence electrons. The van der Waals surface area contributed by atoms with Crippen LogP contribution in [0.1, 0.15) is 12.8 Å². The fraction of sp³-hybridized carbons (Fsp3) is 1.00. The Hall–Kier alpha value is -0.200. The molecule has 0 atom stereocenters. The van der Waals surface area contributed by atoms with Crippen LogP contribution in [0.3, 0.4) is 0 Å². The van der Waals surface area contributed by atoms with Crippen molar-refractivity contribution >= 4 is 15.9 Å². The summed E-state index contributed by atoms with van der Waals surface area (Å²) in [5.41, 5.74) is 0. The van der Waals surface area contributed by atoms with Crippen molar-refractivity contribution in [1.29, 1.82) is 0 Å². The van der Waals surface area contributed by atoms with E-state index in [9.17, 15) is 10.1 Å². The SMILES string of the molecule is O=[N+]([O-])C(Br)(CCO)CCO. The van der Waals surface area contributed by atoms with Crippen LogP contribution in [0.5, 0.6) is 0 Å². The molecule has 0 amide bonds. The van der Waals surface area contributed by atoms with Crippen molar-refractivity contribution in [1.82, 2.24) is 0 Å². The molecule has 0 saturated heterocycles. The summed E-state index contributed by atoms with van der Waals surface area (Å²) in [4.78, 5) is 9.80. The van der Waals surface area contributed by atoms with Crippen molar-refractivity contribution in [2.75, 3.05) is 13.2 Å². The topological polar surface area (TPSA) is 83.6 Å². The maximum absolute atomic E-state index is 10.3. The van der Waals surface area contributed by atoms with Gasteiger partial charge in [0.25, 0.3) is 4.45 Å². The van der Waals surface area contributed by atoms with Crippen LogP contribution in [-0.4, -0.2) is 32.8 Å². The van der Waals surface area contributed by atoms with E-state index in [4.69, 9.17) is 10.2 Å². The molecular formula is C5H10BrNO4. The Morgan fingerprint density at radius 2 is 1.73 bits per heavy atom. The number of hydrogen-bond donors (Lipinski definition) is 2. The molecule has 0 heterocycles. The molecule has 0 aliphatic heterocycles. The van der Waals surface area contributed by atoms with Crippen LogP contribution < -0.4 is 0 Å². The lowest BCUT2D eigenvalue weighted by Crippen LogP contribution is -2.33. The fourth-order valence-corrected chi connectivity index (χ4v) is 1.00. The first-order valence-corrected chi connectivity index (χ1v) is 3.91. The Morgan fingerprint density at radius 3 is 1.91 bits per heavy atom. The van der Waals surface area contributed by atoms with E-state index in [1.807, 2.05) is 0 Å². The van der Waals surface area contributed by atoms with E-state index < -0.39 is 9.37 Å². The predicted molar refractivity (Wildman–Crippen MR) is 42.1 cm³/mol. The lowest BCUT2D eigenvalue weighted by molar-refractivity contribution is -0.538. The molecule has 0 fully saturated rings. The second-order valence-corrected chi connectivity index (χ2v) is 3.60. The van der Waals surface area contributed by atoms with Gasteiger partial charge in [-0.15, -0.1) is 0 Å². The first-order valence-electron chi connectivity index (χ1n) is 3.12. The van der Waals surface area contributed by atoms with Crippen molar-refractivity contribution < 1.29 is 15.1 Å². The highest BCUT2D eigenvalue weighted by Gasteiger charge is 2.38. The zero-order valence-electron chi connectivity index (χ0n) is 5.86. The largest absolute Gasteiger partial charge is 0.396 e. The second-order valence-electron chi connectivity index (χ2n) is 2.12. The maximum atomic E-state index is 10.3. The Bertz CT molecular complexity index is 134. The standard InChI is InChI=1S/C5H10BrNO4/c6-5(1-3-8,2-4-9)7(10)11/h8-9H,1-4H2. The number of nitro groups is 1. The summed E-state index contributed by atoms with van der Waals surface area (Å²) in [5.74, 6) is 0. The predicted octanol–water partition coefficient (Wildman–Crippen LogP) is 0.119. The van der Waals surface area contributed by atoms with Crippen LogP contribution in [0, 0.1) is 10.1 Å². The molecule has 0 rings (SSSR count). The minimum Gasteiger partial charge on any atom is -0.396 e. The van der Waals surface area contributed by atoms with E-state index in [1.54, 1.807) is 0 Å². The Kier molecular flexibility index (Phi) is 4.55. The Balaban J connectivity index is 4.13. The van der Waals surface area contributed by atoms with Gasteiger partial charge in [0.2, 0.25) is 0 Å². The normalized spacial score (nSPS) is 11.5. The Morgan fingerprint density at radius 1 is 1.36 bits per heavy atom. The number of alkyl halides is 1. The van der Waals surface area contributed by atoms with Gasteiger partial charge in [-0.3, -0.25) is 10.1 Å². The summed E-state index contributed by atoms with van der Waals surface area (Å²) >= 11 is 2.85. The third-order valence-electron chi connectivity index (χ3n) is 1.32. The van der Waals surface area contributed by atoms with Crippen LogP contribution in [-0.2, 0) is 0 Å². The smallest absolute Gasteiger partial charge is 0.279 e. The highest BCUT2D eigenvalue weighted by atomic mass is 79.9. The van der Waals surface area contributed by atoms with Gasteiger partial charge in [-0.1, -0.05) is 0 Å². The third-order valence-corrected chi connectivity index (χ3v) is 2.40. The molecular weight excluding hydrogens is 218 g/mol. The molecule has 0 aromatic carbocycles. The molecule has 0 aliphatic carbocycles. The molecule has 0 aromatic rings. The minimum absolute atomic E-state index is 0.000556. The molecule has 2 N–H and O–H groups in total. The lowest BCUT2D eigenvalue weighted by Gasteiger charge is -2.15. The first-order chi connectivity index (χ1) is 5.06. The Labute approximate surface area is 72.3 Å². The highest BCUT2D eigenvalue weighted by molar-refractivity contribution is 9.10. The minimum atomic E-state index is -1.36. The molecule has 0 saturated carbocycles. The van der Waals surface area contributed by atoms with E-state index in [2.05, 4.69) is 15.9 Å². The number of hydrogen-bond acceptors (Lipinski definition) is 4. The second kappa shape index (κ2) is 4.63. The zero-order chi connectivity index (χ0) is 8.91. The van der Waals surface area contributed by atoms with Crippen molar-refractivity contribution in [3.05, 3.63) is 10.1 Å². The van der Waals surface area contributed by atoms with Gasteiger partial charge in [-0.25, -0.2) is 0 Å². The molecule has 11 heavy (non-hydrogen) atoms. The molecule has 5 nitrogen and oxygen atoms in total. The number of nitrogens with zero attached hydrogens (tertiary/aromatic N) is 1. The van der Waals surface area contributed by atoms with Crippen molar-refractivity contribution in [2.24, 2.45) is 0 Å². The van der Waals surface area contributed by atoms with E-state index >= 15 is 0 Å². The summed E-state index contributed by atoms with van der Waals surface area (Å²) in [6.45, 7) is -0.543. The van der Waals surface area contributed by atoms with Gasteiger partial charge < -0.3 is 10.2 Å². The van der Waals surface area contributed by atoms with Gasteiger partial charge in [0.15, 0.2) is 0 Å². The molecule has 0 aromatic heterocycles. The van der Waals surface area contributed by atoms with Gasteiger partial charge in [0.1, 0.15) is 0 Å². The third kappa shape index (κ3) is 3.13. The first kappa shape index (κ1) is 10.8. The molecule has 0 bridgehead atoms. The number of aliphatic hydroxyl groups is 2. The maximum Gasteiger partial charge on any atom is 0.279 e. The number of aliphatic hydroxyl groups excluding tert-OH is 2. The fourth-order valence-electron chi connectivity index (χ4n) is 0.650. The van der Waals surface area contributed by atoms with Crippen LogP contribution in [0.15, 0.2) is 0 Å². The summed E-state index contributed by atoms with van der Waals surface area (Å²) < 4.78 is -1.36. The number of rotatable bonds is 5. The molecule has 0 unspecified atom stereocenters. The molecule has 6 heteroatoms. The van der Waals surface area contributed by atoms with Gasteiger partial charge >= 0.3 is 0 Å². The van der Waals surface area contributed by atoms with Gasteiger partial charge in [-0.05, 0) is 0 Å². The summed E-state index contributed by atoms with van der Waals surface area (Å²) in [6, 6.07) is 0. The van der Waals surface area contributed by atoms with E-state index in [0.29, 0.717) is 0 Å². The van der Waals surface area contributed by atoms with Crippen LogP contribution in [0.4, 0.5) is 0 Å². The van der Waals surface area contributed by atoms with Crippen molar-refractivity contribution in [3.8, 4) is 0 Å². The van der Waals surface area contributed by atoms with Gasteiger partial charge in [-0.2, -0.15) is 0 Å². The molecule has 0 aliphatic rings. The number of halogens is 1. The average Bonchev–Trinajstić information content (AvgIpc) is 1.88. The lowest BCUT2D eigenvalue weighted by atomic mass is 10.1. The van der Waals surface area contributed by atoms with Crippen LogP contribution in [0.2, 0.25) is 0 Å². The summed E-state index contributed by atoms with van der Waals surface area (Å²) in [6.07, 6.45) is 0.00111. The van der Waals surface area contributed by atoms with Gasteiger partial charge in [0, 0.05) is 20.9 Å². The zero-order valence-corrected chi connectivity index (χ0v) is 7.45. The van der Waals surface area contributed by atoms with Crippen LogP contribution >= 0.6 is 15.9 Å².